The van der Waals surface area contributed by atoms with Gasteiger partial charge in [-0.05, 0) is 60.5 Å². The van der Waals surface area contributed by atoms with Crippen LogP contribution in [-0.4, -0.2) is 37.0 Å². The van der Waals surface area contributed by atoms with Crippen molar-refractivity contribution in [3.63, 3.8) is 0 Å². The number of anilines is 2. The minimum atomic E-state index is -0.346. The average molecular weight is 555 g/mol. The molecule has 0 atom stereocenters. The fourth-order valence-corrected chi connectivity index (χ4v) is 5.09. The van der Waals surface area contributed by atoms with Crippen LogP contribution in [0.1, 0.15) is 21.7 Å². The summed E-state index contributed by atoms with van der Waals surface area (Å²) in [5.41, 5.74) is 4.49. The lowest BCUT2D eigenvalue weighted by molar-refractivity contribution is 0.0997. The Morgan fingerprint density at radius 1 is 0.865 bits per heavy atom. The van der Waals surface area contributed by atoms with Gasteiger partial charge < -0.3 is 14.6 Å². The topological polar surface area (TPSA) is 48.7 Å². The van der Waals surface area contributed by atoms with Crippen molar-refractivity contribution in [3.05, 3.63) is 105 Å². The third-order valence-corrected chi connectivity index (χ3v) is 7.64. The molecule has 1 amide bonds. The molecule has 1 aromatic heterocycles. The van der Waals surface area contributed by atoms with E-state index in [1.165, 1.54) is 0 Å². The van der Waals surface area contributed by atoms with Crippen molar-refractivity contribution >= 4 is 52.1 Å². The smallest absolute Gasteiger partial charge is 0.291 e. The van der Waals surface area contributed by atoms with Crippen molar-refractivity contribution < 1.29 is 9.21 Å². The van der Waals surface area contributed by atoms with Gasteiger partial charge in [0.1, 0.15) is 5.76 Å². The number of amides is 1. The third-order valence-electron chi connectivity index (χ3n) is 6.56. The Morgan fingerprint density at radius 3 is 2.38 bits per heavy atom. The van der Waals surface area contributed by atoms with Gasteiger partial charge in [-0.1, -0.05) is 65.1 Å². The Balaban J connectivity index is 1.19. The molecule has 8 heteroatoms. The molecule has 1 aliphatic rings. The minimum Gasteiger partial charge on any atom is -0.451 e. The number of benzene rings is 3. The standard InChI is InChI=1S/C29H26Cl3N3O2/c1-19-6-7-20(16-24(19)31)27-10-11-28(37-27)29(36)33-22-8-9-26(25(32)17-22)35-14-12-34(13-15-35)18-21-4-2-3-5-23(21)30/h2-11,16-17H,12-15,18H2,1H3,(H,33,36). The quantitative estimate of drug-likeness (QED) is 0.264. The summed E-state index contributed by atoms with van der Waals surface area (Å²) >= 11 is 19.2. The zero-order valence-corrected chi connectivity index (χ0v) is 22.6. The second-order valence-electron chi connectivity index (χ2n) is 9.10. The van der Waals surface area contributed by atoms with Crippen molar-refractivity contribution in [2.75, 3.05) is 36.4 Å². The van der Waals surface area contributed by atoms with Crippen LogP contribution in [-0.2, 0) is 6.54 Å². The molecule has 0 spiro atoms. The van der Waals surface area contributed by atoms with E-state index in [4.69, 9.17) is 39.2 Å². The molecule has 1 fully saturated rings. The normalized spacial score (nSPS) is 14.1. The molecule has 190 valence electrons. The van der Waals surface area contributed by atoms with Gasteiger partial charge in [0.15, 0.2) is 5.76 Å². The average Bonchev–Trinajstić information content (AvgIpc) is 3.39. The summed E-state index contributed by atoms with van der Waals surface area (Å²) in [5, 5.41) is 4.91. The van der Waals surface area contributed by atoms with Crippen LogP contribution in [0.25, 0.3) is 11.3 Å². The molecular formula is C29H26Cl3N3O2. The second-order valence-corrected chi connectivity index (χ2v) is 10.3. The Morgan fingerprint density at radius 2 is 1.65 bits per heavy atom. The number of rotatable bonds is 6. The number of hydrogen-bond acceptors (Lipinski definition) is 4. The molecule has 0 bridgehead atoms. The van der Waals surface area contributed by atoms with Crippen molar-refractivity contribution in [3.8, 4) is 11.3 Å². The van der Waals surface area contributed by atoms with E-state index in [1.54, 1.807) is 18.2 Å². The van der Waals surface area contributed by atoms with Gasteiger partial charge in [0, 0.05) is 54.0 Å². The number of hydrogen-bond donors (Lipinski definition) is 1. The lowest BCUT2D eigenvalue weighted by Crippen LogP contribution is -2.46. The van der Waals surface area contributed by atoms with Crippen molar-refractivity contribution in [1.82, 2.24) is 4.90 Å². The van der Waals surface area contributed by atoms with Crippen molar-refractivity contribution in [2.45, 2.75) is 13.5 Å². The van der Waals surface area contributed by atoms with Crippen LogP contribution in [0.2, 0.25) is 15.1 Å². The first-order valence-corrected chi connectivity index (χ1v) is 13.2. The highest BCUT2D eigenvalue weighted by Crippen LogP contribution is 2.31. The van der Waals surface area contributed by atoms with Gasteiger partial charge >= 0.3 is 0 Å². The predicted molar refractivity (Wildman–Crippen MR) is 152 cm³/mol. The summed E-state index contributed by atoms with van der Waals surface area (Å²) < 4.78 is 5.78. The van der Waals surface area contributed by atoms with E-state index >= 15 is 0 Å². The first-order valence-electron chi connectivity index (χ1n) is 12.1. The molecule has 0 saturated carbocycles. The van der Waals surface area contributed by atoms with E-state index in [2.05, 4.69) is 21.2 Å². The third kappa shape index (κ3) is 5.97. The van der Waals surface area contributed by atoms with Gasteiger partial charge in [-0.25, -0.2) is 0 Å². The SMILES string of the molecule is Cc1ccc(-c2ccc(C(=O)Nc3ccc(N4CCN(Cc5ccccc5Cl)CC4)c(Cl)c3)o2)cc1Cl. The maximum absolute atomic E-state index is 12.8. The molecule has 0 radical (unpaired) electrons. The zero-order chi connectivity index (χ0) is 25.9. The number of carbonyl (C=O) groups excluding carboxylic acids is 1. The molecule has 4 aromatic rings. The number of furan rings is 1. The number of aryl methyl sites for hydroxylation is 1. The number of piperazine rings is 1. The molecule has 37 heavy (non-hydrogen) atoms. The second kappa shape index (κ2) is 11.2. The lowest BCUT2D eigenvalue weighted by atomic mass is 10.1. The molecule has 1 saturated heterocycles. The molecule has 0 unspecified atom stereocenters. The summed E-state index contributed by atoms with van der Waals surface area (Å²) in [6.45, 7) is 6.30. The van der Waals surface area contributed by atoms with Gasteiger partial charge in [-0.2, -0.15) is 0 Å². The van der Waals surface area contributed by atoms with Crippen LogP contribution in [0.15, 0.2) is 77.2 Å². The summed E-state index contributed by atoms with van der Waals surface area (Å²) in [7, 11) is 0. The van der Waals surface area contributed by atoms with E-state index in [-0.39, 0.29) is 11.7 Å². The Hall–Kier alpha value is -2.96. The highest BCUT2D eigenvalue weighted by atomic mass is 35.5. The van der Waals surface area contributed by atoms with Crippen LogP contribution in [0.3, 0.4) is 0 Å². The maximum Gasteiger partial charge on any atom is 0.291 e. The monoisotopic (exact) mass is 553 g/mol. The van der Waals surface area contributed by atoms with E-state index in [0.717, 1.165) is 60.1 Å². The van der Waals surface area contributed by atoms with Crippen LogP contribution in [0.4, 0.5) is 11.4 Å². The van der Waals surface area contributed by atoms with Crippen LogP contribution in [0, 0.1) is 6.92 Å². The first-order chi connectivity index (χ1) is 17.9. The van der Waals surface area contributed by atoms with Gasteiger partial charge in [0.25, 0.3) is 5.91 Å². The molecular weight excluding hydrogens is 529 g/mol. The highest BCUT2D eigenvalue weighted by Gasteiger charge is 2.20. The van der Waals surface area contributed by atoms with Gasteiger partial charge in [-0.15, -0.1) is 0 Å². The van der Waals surface area contributed by atoms with Crippen LogP contribution in [0.5, 0.6) is 0 Å². The first kappa shape index (κ1) is 25.7. The molecule has 5 nitrogen and oxygen atoms in total. The fourth-order valence-electron chi connectivity index (χ4n) is 4.41. The summed E-state index contributed by atoms with van der Waals surface area (Å²) in [6.07, 6.45) is 0. The van der Waals surface area contributed by atoms with E-state index in [1.807, 2.05) is 55.5 Å². The molecule has 5 rings (SSSR count). The van der Waals surface area contributed by atoms with E-state index < -0.39 is 0 Å². The molecule has 3 aromatic carbocycles. The van der Waals surface area contributed by atoms with Crippen molar-refractivity contribution in [1.29, 1.82) is 0 Å². The van der Waals surface area contributed by atoms with E-state index in [0.29, 0.717) is 21.5 Å². The van der Waals surface area contributed by atoms with Crippen LogP contribution < -0.4 is 10.2 Å². The van der Waals surface area contributed by atoms with Crippen molar-refractivity contribution in [2.24, 2.45) is 0 Å². The van der Waals surface area contributed by atoms with Crippen LogP contribution >= 0.6 is 34.8 Å². The maximum atomic E-state index is 12.8. The molecule has 1 N–H and O–H groups in total. The fraction of sp³-hybridized carbons (Fsp3) is 0.207. The number of nitrogens with one attached hydrogen (secondary N) is 1. The minimum absolute atomic E-state index is 0.210. The molecule has 2 heterocycles. The number of halogens is 3. The number of carbonyl (C=O) groups is 1. The summed E-state index contributed by atoms with van der Waals surface area (Å²) in [6, 6.07) is 22.6. The Labute approximate surface area is 231 Å². The highest BCUT2D eigenvalue weighted by molar-refractivity contribution is 6.33. The Bertz CT molecular complexity index is 1430. The predicted octanol–water partition coefficient (Wildman–Crippen LogP) is 7.79. The lowest BCUT2D eigenvalue weighted by Gasteiger charge is -2.36. The molecule has 0 aliphatic carbocycles. The van der Waals surface area contributed by atoms with Gasteiger partial charge in [0.2, 0.25) is 0 Å². The summed E-state index contributed by atoms with van der Waals surface area (Å²) in [4.78, 5) is 17.4. The zero-order valence-electron chi connectivity index (χ0n) is 20.3. The molecule has 1 aliphatic heterocycles. The summed E-state index contributed by atoms with van der Waals surface area (Å²) in [5.74, 6) is 0.442. The van der Waals surface area contributed by atoms with E-state index in [9.17, 15) is 4.79 Å². The van der Waals surface area contributed by atoms with Gasteiger partial charge in [-0.3, -0.25) is 9.69 Å². The largest absolute Gasteiger partial charge is 0.451 e. The number of nitrogens with zero attached hydrogens (tertiary/aromatic N) is 2. The van der Waals surface area contributed by atoms with Gasteiger partial charge in [0.05, 0.1) is 10.7 Å². The Kier molecular flexibility index (Phi) is 7.77.